The zero-order valence-corrected chi connectivity index (χ0v) is 15.6. The molecule has 8 atom stereocenters. The summed E-state index contributed by atoms with van der Waals surface area (Å²) in [5, 5.41) is 10.1. The molecule has 0 unspecified atom stereocenters. The molecular weight excluding hydrogens is 300 g/mol. The largest absolute Gasteiger partial charge is 0.469 e. The molecule has 0 aromatic rings. The topological polar surface area (TPSA) is 46.5 Å². The highest BCUT2D eigenvalue weighted by molar-refractivity contribution is 5.73. The van der Waals surface area contributed by atoms with Crippen LogP contribution in [0.5, 0.6) is 0 Å². The first-order valence-electron chi connectivity index (χ1n) is 10.2. The van der Waals surface area contributed by atoms with Crippen LogP contribution in [-0.2, 0) is 9.53 Å². The van der Waals surface area contributed by atoms with E-state index in [0.29, 0.717) is 17.3 Å². The molecule has 3 heteroatoms. The van der Waals surface area contributed by atoms with Crippen molar-refractivity contribution in [1.82, 2.24) is 0 Å². The molecule has 0 aliphatic heterocycles. The molecule has 4 aliphatic carbocycles. The van der Waals surface area contributed by atoms with E-state index in [2.05, 4.69) is 13.8 Å². The minimum absolute atomic E-state index is 0.0270. The molecule has 3 nitrogen and oxygen atoms in total. The minimum Gasteiger partial charge on any atom is -0.469 e. The van der Waals surface area contributed by atoms with Crippen LogP contribution in [-0.4, -0.2) is 24.3 Å². The summed E-state index contributed by atoms with van der Waals surface area (Å²) in [5.74, 6) is 3.15. The molecule has 4 fully saturated rings. The third-order valence-corrected chi connectivity index (χ3v) is 9.12. The Morgan fingerprint density at radius 2 is 1.67 bits per heavy atom. The van der Waals surface area contributed by atoms with E-state index in [-0.39, 0.29) is 23.4 Å². The Bertz CT molecular complexity index is 517. The average Bonchev–Trinajstić information content (AvgIpc) is 2.92. The van der Waals surface area contributed by atoms with Crippen molar-refractivity contribution in [2.24, 2.45) is 40.4 Å². The number of hydrogen-bond acceptors (Lipinski definition) is 3. The Hall–Kier alpha value is -0.570. The second-order valence-corrected chi connectivity index (χ2v) is 9.78. The van der Waals surface area contributed by atoms with Gasteiger partial charge < -0.3 is 9.84 Å². The maximum Gasteiger partial charge on any atom is 0.309 e. The molecule has 0 amide bonds. The van der Waals surface area contributed by atoms with Crippen LogP contribution < -0.4 is 0 Å². The van der Waals surface area contributed by atoms with Crippen LogP contribution in [0.15, 0.2) is 0 Å². The van der Waals surface area contributed by atoms with E-state index in [4.69, 9.17) is 4.74 Å². The van der Waals surface area contributed by atoms with Crippen LogP contribution in [0.4, 0.5) is 0 Å². The second kappa shape index (κ2) is 5.72. The van der Waals surface area contributed by atoms with E-state index in [1.54, 1.807) is 7.11 Å². The summed E-state index contributed by atoms with van der Waals surface area (Å²) in [6, 6.07) is 0. The van der Waals surface area contributed by atoms with Gasteiger partial charge in [-0.25, -0.2) is 0 Å². The monoisotopic (exact) mass is 334 g/mol. The fraction of sp³-hybridized carbons (Fsp3) is 0.952. The molecule has 1 N–H and O–H groups in total. The van der Waals surface area contributed by atoms with Gasteiger partial charge in [0.05, 0.1) is 19.1 Å². The lowest BCUT2D eigenvalue weighted by Gasteiger charge is -2.60. The van der Waals surface area contributed by atoms with Gasteiger partial charge in [0.25, 0.3) is 0 Å². The maximum absolute atomic E-state index is 12.3. The van der Waals surface area contributed by atoms with Crippen molar-refractivity contribution in [1.29, 1.82) is 0 Å². The third kappa shape index (κ3) is 2.22. The van der Waals surface area contributed by atoms with Crippen LogP contribution in [0.1, 0.15) is 71.6 Å². The van der Waals surface area contributed by atoms with Gasteiger partial charge in [-0.2, -0.15) is 0 Å². The standard InChI is InChI=1S/C21H34O3/c1-20-10-8-14(22)12-13(20)4-5-15-16-6-7-18(19(23)24-3)21(16,2)11-9-17(15)20/h13-18,22H,4-12H2,1-3H3/t13-,14+,15+,16+,17+,18-,20-,21+/m0/s1. The van der Waals surface area contributed by atoms with Crippen LogP contribution in [0.3, 0.4) is 0 Å². The highest BCUT2D eigenvalue weighted by Gasteiger charge is 2.61. The van der Waals surface area contributed by atoms with Crippen molar-refractivity contribution in [3.8, 4) is 0 Å². The summed E-state index contributed by atoms with van der Waals surface area (Å²) in [7, 11) is 1.55. The first-order chi connectivity index (χ1) is 11.4. The summed E-state index contributed by atoms with van der Waals surface area (Å²) >= 11 is 0. The number of carbonyl (C=O) groups is 1. The molecule has 0 heterocycles. The van der Waals surface area contributed by atoms with Crippen molar-refractivity contribution >= 4 is 5.97 Å². The number of rotatable bonds is 1. The highest BCUT2D eigenvalue weighted by Crippen LogP contribution is 2.67. The van der Waals surface area contributed by atoms with Gasteiger partial charge in [-0.1, -0.05) is 13.8 Å². The SMILES string of the molecule is COC(=O)[C@@H]1CC[C@@H]2[C@H]3CC[C@H]4C[C@H](O)CC[C@]4(C)[C@@H]3CC[C@]21C. The molecule has 4 rings (SSSR count). The number of fused-ring (bicyclic) bond motifs is 5. The number of methoxy groups -OCH3 is 1. The van der Waals surface area contributed by atoms with Gasteiger partial charge in [-0.3, -0.25) is 4.79 Å². The molecular formula is C21H34O3. The Labute approximate surface area is 146 Å². The Kier molecular flexibility index (Phi) is 4.02. The first-order valence-corrected chi connectivity index (χ1v) is 10.2. The van der Waals surface area contributed by atoms with Crippen LogP contribution in [0.2, 0.25) is 0 Å². The molecule has 4 aliphatic rings. The van der Waals surface area contributed by atoms with E-state index < -0.39 is 0 Å². The number of aliphatic hydroxyl groups is 1. The van der Waals surface area contributed by atoms with Crippen molar-refractivity contribution in [2.75, 3.05) is 7.11 Å². The first kappa shape index (κ1) is 16.9. The van der Waals surface area contributed by atoms with Gasteiger partial charge in [0, 0.05) is 0 Å². The predicted molar refractivity (Wildman–Crippen MR) is 93.2 cm³/mol. The van der Waals surface area contributed by atoms with Crippen molar-refractivity contribution in [2.45, 2.75) is 77.7 Å². The average molecular weight is 335 g/mol. The lowest BCUT2D eigenvalue weighted by molar-refractivity contribution is -0.157. The quantitative estimate of drug-likeness (QED) is 0.732. The van der Waals surface area contributed by atoms with Gasteiger partial charge in [-0.05, 0) is 92.3 Å². The summed E-state index contributed by atoms with van der Waals surface area (Å²) in [6.45, 7) is 4.90. The Morgan fingerprint density at radius 1 is 0.958 bits per heavy atom. The number of carbonyl (C=O) groups excluding carboxylic acids is 1. The number of hydrogen-bond donors (Lipinski definition) is 1. The number of ether oxygens (including phenoxy) is 1. The second-order valence-electron chi connectivity index (χ2n) is 9.78. The smallest absolute Gasteiger partial charge is 0.309 e. The van der Waals surface area contributed by atoms with Crippen molar-refractivity contribution in [3.63, 3.8) is 0 Å². The van der Waals surface area contributed by atoms with E-state index in [9.17, 15) is 9.90 Å². The van der Waals surface area contributed by atoms with Gasteiger partial charge in [-0.15, -0.1) is 0 Å². The summed E-state index contributed by atoms with van der Waals surface area (Å²) < 4.78 is 5.14. The Balaban J connectivity index is 1.60. The zero-order valence-electron chi connectivity index (χ0n) is 15.6. The van der Waals surface area contributed by atoms with E-state index in [0.717, 1.165) is 31.1 Å². The number of aliphatic hydroxyl groups excluding tert-OH is 1. The van der Waals surface area contributed by atoms with Gasteiger partial charge >= 0.3 is 5.97 Å². The van der Waals surface area contributed by atoms with Crippen LogP contribution in [0.25, 0.3) is 0 Å². The molecule has 0 radical (unpaired) electrons. The van der Waals surface area contributed by atoms with Crippen LogP contribution in [0, 0.1) is 40.4 Å². The maximum atomic E-state index is 12.3. The van der Waals surface area contributed by atoms with E-state index in [1.165, 1.54) is 38.5 Å². The molecule has 0 aromatic carbocycles. The lowest BCUT2D eigenvalue weighted by Crippen LogP contribution is -2.54. The summed E-state index contributed by atoms with van der Waals surface area (Å²) in [4.78, 5) is 12.3. The van der Waals surface area contributed by atoms with Gasteiger partial charge in [0.1, 0.15) is 0 Å². The molecule has 0 aromatic heterocycles. The van der Waals surface area contributed by atoms with Crippen molar-refractivity contribution < 1.29 is 14.6 Å². The summed E-state index contributed by atoms with van der Waals surface area (Å²) in [6.07, 6.45) is 10.4. The molecule has 4 saturated carbocycles. The minimum atomic E-state index is -0.0660. The molecule has 136 valence electrons. The van der Waals surface area contributed by atoms with Gasteiger partial charge in [0.2, 0.25) is 0 Å². The zero-order chi connectivity index (χ0) is 17.1. The normalized spacial score (nSPS) is 53.7. The fourth-order valence-electron chi connectivity index (χ4n) is 7.76. The predicted octanol–water partition coefficient (Wildman–Crippen LogP) is 4.18. The molecule has 0 bridgehead atoms. The van der Waals surface area contributed by atoms with E-state index in [1.807, 2.05) is 0 Å². The molecule has 0 spiro atoms. The van der Waals surface area contributed by atoms with Crippen LogP contribution >= 0.6 is 0 Å². The molecule has 0 saturated heterocycles. The van der Waals surface area contributed by atoms with E-state index >= 15 is 0 Å². The third-order valence-electron chi connectivity index (χ3n) is 9.12. The highest BCUT2D eigenvalue weighted by atomic mass is 16.5. The molecule has 24 heavy (non-hydrogen) atoms. The lowest BCUT2D eigenvalue weighted by atomic mass is 9.44. The Morgan fingerprint density at radius 3 is 2.42 bits per heavy atom. The van der Waals surface area contributed by atoms with Crippen molar-refractivity contribution in [3.05, 3.63) is 0 Å². The van der Waals surface area contributed by atoms with Gasteiger partial charge in [0.15, 0.2) is 0 Å². The fourth-order valence-corrected chi connectivity index (χ4v) is 7.76. The summed E-state index contributed by atoms with van der Waals surface area (Å²) in [5.41, 5.74) is 0.582. The number of esters is 1.